The second-order valence-corrected chi connectivity index (χ2v) is 6.28. The summed E-state index contributed by atoms with van der Waals surface area (Å²) in [5.74, 6) is -1.07. The van der Waals surface area contributed by atoms with Crippen LogP contribution in [0.4, 0.5) is 4.79 Å². The summed E-state index contributed by atoms with van der Waals surface area (Å²) in [6, 6.07) is 9.21. The number of carbonyl (C=O) groups excluding carboxylic acids is 1. The van der Waals surface area contributed by atoms with Crippen LogP contribution in [-0.4, -0.2) is 40.3 Å². The molecule has 1 amide bonds. The summed E-state index contributed by atoms with van der Waals surface area (Å²) in [5, 5.41) is 9.56. The highest BCUT2D eigenvalue weighted by atomic mass is 16.6. The van der Waals surface area contributed by atoms with E-state index < -0.39 is 23.2 Å². The lowest BCUT2D eigenvalue weighted by molar-refractivity contribution is -0.149. The SMILES string of the molecule is CN(C(=O)OC(C)(C)C)[C@@](C)(Cc1ccccc1)C(=O)O. The molecule has 0 saturated heterocycles. The highest BCUT2D eigenvalue weighted by Gasteiger charge is 2.42. The molecule has 5 nitrogen and oxygen atoms in total. The van der Waals surface area contributed by atoms with Gasteiger partial charge in [0.2, 0.25) is 0 Å². The Morgan fingerprint density at radius 3 is 2.10 bits per heavy atom. The lowest BCUT2D eigenvalue weighted by Gasteiger charge is -2.36. The average Bonchev–Trinajstić information content (AvgIpc) is 2.36. The van der Waals surface area contributed by atoms with E-state index in [9.17, 15) is 14.7 Å². The van der Waals surface area contributed by atoms with Crippen LogP contribution in [0.1, 0.15) is 33.3 Å². The van der Waals surface area contributed by atoms with Crippen molar-refractivity contribution in [2.45, 2.75) is 45.3 Å². The number of amides is 1. The molecule has 116 valence electrons. The number of aliphatic carboxylic acids is 1. The van der Waals surface area contributed by atoms with E-state index in [0.717, 1.165) is 10.5 Å². The molecule has 0 heterocycles. The highest BCUT2D eigenvalue weighted by Crippen LogP contribution is 2.22. The number of hydrogen-bond acceptors (Lipinski definition) is 3. The Morgan fingerprint density at radius 2 is 1.67 bits per heavy atom. The summed E-state index contributed by atoms with van der Waals surface area (Å²) in [6.07, 6.45) is -0.442. The quantitative estimate of drug-likeness (QED) is 0.927. The molecule has 0 aromatic heterocycles. The lowest BCUT2D eigenvalue weighted by atomic mass is 9.91. The van der Waals surface area contributed by atoms with Gasteiger partial charge in [-0.15, -0.1) is 0 Å². The Kier molecular flexibility index (Phi) is 4.99. The molecule has 0 aliphatic heterocycles. The molecule has 0 aliphatic rings. The number of rotatable bonds is 4. The van der Waals surface area contributed by atoms with Crippen molar-refractivity contribution in [3.8, 4) is 0 Å². The average molecular weight is 293 g/mol. The van der Waals surface area contributed by atoms with E-state index >= 15 is 0 Å². The molecule has 1 N–H and O–H groups in total. The number of nitrogens with zero attached hydrogens (tertiary/aromatic N) is 1. The van der Waals surface area contributed by atoms with Crippen LogP contribution in [0.2, 0.25) is 0 Å². The minimum atomic E-state index is -1.37. The van der Waals surface area contributed by atoms with Gasteiger partial charge in [-0.1, -0.05) is 30.3 Å². The standard InChI is InChI=1S/C16H23NO4/c1-15(2,3)21-14(20)17(5)16(4,13(18)19)11-12-9-7-6-8-10-12/h6-10H,11H2,1-5H3,(H,18,19)/t16-/m0/s1. The fourth-order valence-electron chi connectivity index (χ4n) is 1.86. The first-order valence-electron chi connectivity index (χ1n) is 6.80. The number of ether oxygens (including phenoxy) is 1. The molecule has 0 saturated carbocycles. The van der Waals surface area contributed by atoms with E-state index in [4.69, 9.17) is 4.74 Å². The normalized spacial score (nSPS) is 14.1. The smallest absolute Gasteiger partial charge is 0.410 e. The van der Waals surface area contributed by atoms with Crippen LogP contribution >= 0.6 is 0 Å². The Labute approximate surface area is 125 Å². The number of carbonyl (C=O) groups is 2. The Hall–Kier alpha value is -2.04. The number of hydrogen-bond donors (Lipinski definition) is 1. The van der Waals surface area contributed by atoms with Gasteiger partial charge in [-0.2, -0.15) is 0 Å². The third kappa shape index (κ3) is 4.48. The largest absolute Gasteiger partial charge is 0.479 e. The van der Waals surface area contributed by atoms with E-state index in [-0.39, 0.29) is 6.42 Å². The number of carboxylic acid groups (broad SMARTS) is 1. The molecule has 5 heteroatoms. The van der Waals surface area contributed by atoms with Crippen LogP contribution in [0, 0.1) is 0 Å². The van der Waals surface area contributed by atoms with Crippen LogP contribution in [0.25, 0.3) is 0 Å². The maximum Gasteiger partial charge on any atom is 0.410 e. The maximum absolute atomic E-state index is 12.1. The molecule has 1 rings (SSSR count). The molecule has 0 radical (unpaired) electrons. The van der Waals surface area contributed by atoms with Crippen LogP contribution in [-0.2, 0) is 16.0 Å². The Bertz CT molecular complexity index is 507. The van der Waals surface area contributed by atoms with E-state index in [1.807, 2.05) is 30.3 Å². The first-order chi connectivity index (χ1) is 9.56. The highest BCUT2D eigenvalue weighted by molar-refractivity contribution is 5.84. The van der Waals surface area contributed by atoms with Crippen molar-refractivity contribution in [1.29, 1.82) is 0 Å². The van der Waals surface area contributed by atoms with Gasteiger partial charge in [-0.25, -0.2) is 9.59 Å². The van der Waals surface area contributed by atoms with E-state index in [2.05, 4.69) is 0 Å². The summed E-state index contributed by atoms with van der Waals surface area (Å²) in [7, 11) is 1.45. The molecule has 1 aromatic rings. The van der Waals surface area contributed by atoms with Crippen molar-refractivity contribution >= 4 is 12.1 Å². The number of benzene rings is 1. The van der Waals surface area contributed by atoms with Crippen molar-refractivity contribution < 1.29 is 19.4 Å². The summed E-state index contributed by atoms with van der Waals surface area (Å²) in [6.45, 7) is 6.75. The molecule has 21 heavy (non-hydrogen) atoms. The molecule has 0 spiro atoms. The van der Waals surface area contributed by atoms with Gasteiger partial charge in [0.25, 0.3) is 0 Å². The van der Waals surface area contributed by atoms with Crippen LogP contribution in [0.15, 0.2) is 30.3 Å². The Morgan fingerprint density at radius 1 is 1.14 bits per heavy atom. The second-order valence-electron chi connectivity index (χ2n) is 6.28. The van der Waals surface area contributed by atoms with E-state index in [1.54, 1.807) is 20.8 Å². The van der Waals surface area contributed by atoms with Crippen molar-refractivity contribution in [2.24, 2.45) is 0 Å². The predicted molar refractivity (Wildman–Crippen MR) is 80.2 cm³/mol. The first-order valence-corrected chi connectivity index (χ1v) is 6.80. The third-order valence-corrected chi connectivity index (χ3v) is 3.26. The van der Waals surface area contributed by atoms with Crippen molar-refractivity contribution in [1.82, 2.24) is 4.90 Å². The molecule has 1 atom stereocenters. The van der Waals surface area contributed by atoms with Gasteiger partial charge in [0.05, 0.1) is 0 Å². The second kappa shape index (κ2) is 6.16. The summed E-state index contributed by atoms with van der Waals surface area (Å²) < 4.78 is 5.26. The van der Waals surface area contributed by atoms with Gasteiger partial charge < -0.3 is 9.84 Å². The molecule has 0 aliphatic carbocycles. The summed E-state index contributed by atoms with van der Waals surface area (Å²) in [5.41, 5.74) is -1.20. The van der Waals surface area contributed by atoms with E-state index in [1.165, 1.54) is 14.0 Å². The molecular weight excluding hydrogens is 270 g/mol. The fourth-order valence-corrected chi connectivity index (χ4v) is 1.86. The number of carboxylic acids is 1. The van der Waals surface area contributed by atoms with Crippen molar-refractivity contribution in [2.75, 3.05) is 7.05 Å². The zero-order valence-corrected chi connectivity index (χ0v) is 13.2. The molecule has 1 aromatic carbocycles. The first kappa shape index (κ1) is 17.0. The van der Waals surface area contributed by atoms with Gasteiger partial charge in [-0.3, -0.25) is 4.90 Å². The van der Waals surface area contributed by atoms with Gasteiger partial charge in [-0.05, 0) is 33.3 Å². The summed E-state index contributed by atoms with van der Waals surface area (Å²) >= 11 is 0. The lowest BCUT2D eigenvalue weighted by Crippen LogP contribution is -2.55. The summed E-state index contributed by atoms with van der Waals surface area (Å²) in [4.78, 5) is 25.0. The molecule has 0 fully saturated rings. The third-order valence-electron chi connectivity index (χ3n) is 3.26. The van der Waals surface area contributed by atoms with Gasteiger partial charge in [0, 0.05) is 13.5 Å². The number of likely N-dealkylation sites (N-methyl/N-ethyl adjacent to an activating group) is 1. The monoisotopic (exact) mass is 293 g/mol. The zero-order valence-electron chi connectivity index (χ0n) is 13.2. The molecular formula is C16H23NO4. The van der Waals surface area contributed by atoms with Crippen LogP contribution in [0.5, 0.6) is 0 Å². The fraction of sp³-hybridized carbons (Fsp3) is 0.500. The van der Waals surface area contributed by atoms with Gasteiger partial charge in [0.1, 0.15) is 11.1 Å². The van der Waals surface area contributed by atoms with Crippen LogP contribution in [0.3, 0.4) is 0 Å². The van der Waals surface area contributed by atoms with E-state index in [0.29, 0.717) is 0 Å². The molecule has 0 unspecified atom stereocenters. The van der Waals surface area contributed by atoms with Gasteiger partial charge >= 0.3 is 12.1 Å². The predicted octanol–water partition coefficient (Wildman–Crippen LogP) is 2.94. The Balaban J connectivity index is 2.99. The topological polar surface area (TPSA) is 66.8 Å². The zero-order chi connectivity index (χ0) is 16.3. The van der Waals surface area contributed by atoms with Crippen molar-refractivity contribution in [3.63, 3.8) is 0 Å². The maximum atomic E-state index is 12.1. The molecule has 0 bridgehead atoms. The minimum Gasteiger partial charge on any atom is -0.479 e. The van der Waals surface area contributed by atoms with Crippen LogP contribution < -0.4 is 0 Å². The minimum absolute atomic E-state index is 0.207. The van der Waals surface area contributed by atoms with Crippen molar-refractivity contribution in [3.05, 3.63) is 35.9 Å². The van der Waals surface area contributed by atoms with Gasteiger partial charge in [0.15, 0.2) is 0 Å².